The van der Waals surface area contributed by atoms with E-state index in [9.17, 15) is 0 Å². The number of nitrogens with zero attached hydrogens (tertiary/aromatic N) is 1. The predicted octanol–water partition coefficient (Wildman–Crippen LogP) is 5.29. The molecule has 0 aliphatic carbocycles. The third-order valence-corrected chi connectivity index (χ3v) is 3.66. The van der Waals surface area contributed by atoms with Crippen LogP contribution in [0, 0.1) is 0 Å². The van der Waals surface area contributed by atoms with Gasteiger partial charge >= 0.3 is 0 Å². The number of rotatable bonds is 3. The lowest BCUT2D eigenvalue weighted by Crippen LogP contribution is -1.93. The summed E-state index contributed by atoms with van der Waals surface area (Å²) in [4.78, 5) is 4.32. The number of nitrogens with one attached hydrogen (secondary N) is 1. The van der Waals surface area contributed by atoms with Crippen molar-refractivity contribution >= 4 is 45.5 Å². The second-order valence-electron chi connectivity index (χ2n) is 4.49. The second kappa shape index (κ2) is 5.80. The van der Waals surface area contributed by atoms with E-state index < -0.39 is 0 Å². The quantitative estimate of drug-likeness (QED) is 0.712. The SMILES string of the molecule is COc1ccc(Nc2ccnc3ccc(Cl)cc23)cc1Cl. The molecule has 0 fully saturated rings. The van der Waals surface area contributed by atoms with Crippen LogP contribution >= 0.6 is 23.2 Å². The van der Waals surface area contributed by atoms with Gasteiger partial charge in [-0.1, -0.05) is 23.2 Å². The largest absolute Gasteiger partial charge is 0.495 e. The Balaban J connectivity index is 2.01. The van der Waals surface area contributed by atoms with Gasteiger partial charge in [0.2, 0.25) is 0 Å². The Kier molecular flexibility index (Phi) is 3.86. The van der Waals surface area contributed by atoms with Gasteiger partial charge in [0, 0.05) is 28.0 Å². The zero-order valence-corrected chi connectivity index (χ0v) is 12.7. The number of hydrogen-bond donors (Lipinski definition) is 1. The molecule has 0 aliphatic rings. The maximum atomic E-state index is 6.14. The summed E-state index contributed by atoms with van der Waals surface area (Å²) in [6.45, 7) is 0. The molecule has 0 spiro atoms. The van der Waals surface area contributed by atoms with Crippen molar-refractivity contribution in [3.8, 4) is 5.75 Å². The van der Waals surface area contributed by atoms with Crippen LogP contribution in [0.2, 0.25) is 10.0 Å². The summed E-state index contributed by atoms with van der Waals surface area (Å²) in [6, 6.07) is 13.0. The van der Waals surface area contributed by atoms with Gasteiger partial charge in [-0.3, -0.25) is 4.98 Å². The van der Waals surface area contributed by atoms with E-state index >= 15 is 0 Å². The fourth-order valence-electron chi connectivity index (χ4n) is 2.13. The Bertz CT molecular complexity index is 805. The Hall–Kier alpha value is -1.97. The third kappa shape index (κ3) is 2.89. The van der Waals surface area contributed by atoms with Crippen LogP contribution in [0.5, 0.6) is 5.75 Å². The van der Waals surface area contributed by atoms with Crippen LogP contribution in [0.4, 0.5) is 11.4 Å². The molecule has 3 rings (SSSR count). The number of benzene rings is 2. The van der Waals surface area contributed by atoms with Gasteiger partial charge in [0.05, 0.1) is 17.6 Å². The van der Waals surface area contributed by atoms with Crippen LogP contribution in [0.3, 0.4) is 0 Å². The number of hydrogen-bond acceptors (Lipinski definition) is 3. The van der Waals surface area contributed by atoms with Crippen LogP contribution in [-0.2, 0) is 0 Å². The average Bonchev–Trinajstić information content (AvgIpc) is 2.48. The van der Waals surface area contributed by atoms with E-state index in [4.69, 9.17) is 27.9 Å². The van der Waals surface area contributed by atoms with Crippen LogP contribution in [-0.4, -0.2) is 12.1 Å². The summed E-state index contributed by atoms with van der Waals surface area (Å²) in [6.07, 6.45) is 1.75. The number of fused-ring (bicyclic) bond motifs is 1. The highest BCUT2D eigenvalue weighted by molar-refractivity contribution is 6.32. The number of aromatic nitrogens is 1. The molecule has 21 heavy (non-hydrogen) atoms. The molecule has 0 saturated heterocycles. The van der Waals surface area contributed by atoms with Crippen molar-refractivity contribution in [3.63, 3.8) is 0 Å². The van der Waals surface area contributed by atoms with E-state index in [1.54, 1.807) is 13.3 Å². The lowest BCUT2D eigenvalue weighted by Gasteiger charge is -2.11. The molecular formula is C16H12Cl2N2O. The molecule has 0 amide bonds. The zero-order chi connectivity index (χ0) is 14.8. The lowest BCUT2D eigenvalue weighted by molar-refractivity contribution is 0.415. The lowest BCUT2D eigenvalue weighted by atomic mass is 10.2. The van der Waals surface area contributed by atoms with Crippen molar-refractivity contribution in [3.05, 3.63) is 58.7 Å². The fraction of sp³-hybridized carbons (Fsp3) is 0.0625. The van der Waals surface area contributed by atoms with E-state index in [1.807, 2.05) is 42.5 Å². The molecule has 0 aliphatic heterocycles. The van der Waals surface area contributed by atoms with Gasteiger partial charge in [0.15, 0.2) is 0 Å². The molecular weight excluding hydrogens is 307 g/mol. The maximum absolute atomic E-state index is 6.14. The molecule has 3 nitrogen and oxygen atoms in total. The van der Waals surface area contributed by atoms with E-state index in [1.165, 1.54) is 0 Å². The first-order valence-electron chi connectivity index (χ1n) is 6.32. The maximum Gasteiger partial charge on any atom is 0.137 e. The third-order valence-electron chi connectivity index (χ3n) is 3.13. The number of methoxy groups -OCH3 is 1. The van der Waals surface area contributed by atoms with E-state index in [0.29, 0.717) is 15.8 Å². The van der Waals surface area contributed by atoms with Crippen molar-refractivity contribution in [2.45, 2.75) is 0 Å². The number of ether oxygens (including phenoxy) is 1. The van der Waals surface area contributed by atoms with Gasteiger partial charge in [0.1, 0.15) is 5.75 Å². The van der Waals surface area contributed by atoms with Gasteiger partial charge < -0.3 is 10.1 Å². The monoisotopic (exact) mass is 318 g/mol. The van der Waals surface area contributed by atoms with Gasteiger partial charge in [-0.05, 0) is 42.5 Å². The molecule has 1 N–H and O–H groups in total. The molecule has 0 saturated carbocycles. The minimum atomic E-state index is 0.555. The summed E-state index contributed by atoms with van der Waals surface area (Å²) in [7, 11) is 1.59. The van der Waals surface area contributed by atoms with E-state index in [2.05, 4.69) is 10.3 Å². The number of pyridine rings is 1. The first-order valence-corrected chi connectivity index (χ1v) is 7.08. The van der Waals surface area contributed by atoms with Crippen molar-refractivity contribution in [2.75, 3.05) is 12.4 Å². The zero-order valence-electron chi connectivity index (χ0n) is 11.2. The summed E-state index contributed by atoms with van der Waals surface area (Å²) < 4.78 is 5.15. The Morgan fingerprint density at radius 3 is 2.67 bits per heavy atom. The van der Waals surface area contributed by atoms with Crippen molar-refractivity contribution in [2.24, 2.45) is 0 Å². The highest BCUT2D eigenvalue weighted by Crippen LogP contribution is 2.31. The molecule has 0 atom stereocenters. The van der Waals surface area contributed by atoms with Crippen LogP contribution in [0.1, 0.15) is 0 Å². The second-order valence-corrected chi connectivity index (χ2v) is 5.34. The number of anilines is 2. The fourth-order valence-corrected chi connectivity index (χ4v) is 2.56. The van der Waals surface area contributed by atoms with Crippen molar-refractivity contribution in [1.29, 1.82) is 0 Å². The molecule has 0 radical (unpaired) electrons. The van der Waals surface area contributed by atoms with Gasteiger partial charge in [-0.15, -0.1) is 0 Å². The molecule has 0 unspecified atom stereocenters. The van der Waals surface area contributed by atoms with Crippen LogP contribution in [0.25, 0.3) is 10.9 Å². The molecule has 0 bridgehead atoms. The van der Waals surface area contributed by atoms with Crippen LogP contribution in [0.15, 0.2) is 48.7 Å². The minimum Gasteiger partial charge on any atom is -0.495 e. The minimum absolute atomic E-state index is 0.555. The molecule has 1 aromatic heterocycles. The molecule has 2 aromatic carbocycles. The standard InChI is InChI=1S/C16H12Cl2N2O/c1-21-16-5-3-11(9-13(16)18)20-15-6-7-19-14-4-2-10(17)8-12(14)15/h2-9H,1H3,(H,19,20). The molecule has 5 heteroatoms. The number of halogens is 2. The van der Waals surface area contributed by atoms with E-state index in [0.717, 1.165) is 22.3 Å². The highest BCUT2D eigenvalue weighted by atomic mass is 35.5. The Labute approximate surface area is 132 Å². The van der Waals surface area contributed by atoms with Gasteiger partial charge in [-0.2, -0.15) is 0 Å². The highest BCUT2D eigenvalue weighted by Gasteiger charge is 2.06. The van der Waals surface area contributed by atoms with Crippen molar-refractivity contribution < 1.29 is 4.74 Å². The topological polar surface area (TPSA) is 34.1 Å². The smallest absolute Gasteiger partial charge is 0.137 e. The van der Waals surface area contributed by atoms with Crippen molar-refractivity contribution in [1.82, 2.24) is 4.98 Å². The summed E-state index contributed by atoms with van der Waals surface area (Å²) >= 11 is 12.2. The summed E-state index contributed by atoms with van der Waals surface area (Å²) in [5, 5.41) is 5.51. The molecule has 106 valence electrons. The first kappa shape index (κ1) is 14.0. The first-order chi connectivity index (χ1) is 10.2. The summed E-state index contributed by atoms with van der Waals surface area (Å²) in [5.41, 5.74) is 2.67. The Morgan fingerprint density at radius 2 is 1.90 bits per heavy atom. The van der Waals surface area contributed by atoms with E-state index in [-0.39, 0.29) is 0 Å². The summed E-state index contributed by atoms with van der Waals surface area (Å²) in [5.74, 6) is 0.643. The van der Waals surface area contributed by atoms with Crippen LogP contribution < -0.4 is 10.1 Å². The molecule has 3 aromatic rings. The normalized spacial score (nSPS) is 10.6. The predicted molar refractivity (Wildman–Crippen MR) is 88.0 cm³/mol. The Morgan fingerprint density at radius 1 is 1.05 bits per heavy atom. The average molecular weight is 319 g/mol. The molecule has 1 heterocycles. The van der Waals surface area contributed by atoms with Gasteiger partial charge in [0.25, 0.3) is 0 Å². The van der Waals surface area contributed by atoms with Gasteiger partial charge in [-0.25, -0.2) is 0 Å².